The number of benzene rings is 2. The van der Waals surface area contributed by atoms with Crippen LogP contribution in [0, 0.1) is 5.92 Å². The van der Waals surface area contributed by atoms with Gasteiger partial charge in [0.1, 0.15) is 31.3 Å². The second-order valence-corrected chi connectivity index (χ2v) is 8.14. The van der Waals surface area contributed by atoms with Crippen LogP contribution in [0.1, 0.15) is 35.2 Å². The molecule has 178 valence electrons. The number of methoxy groups -OCH3 is 1. The second kappa shape index (κ2) is 11.0. The molecule has 3 unspecified atom stereocenters. The van der Waals surface area contributed by atoms with Crippen molar-refractivity contribution >= 4 is 17.7 Å². The van der Waals surface area contributed by atoms with Gasteiger partial charge in [-0.15, -0.1) is 0 Å². The zero-order valence-corrected chi connectivity index (χ0v) is 18.8. The standard InChI is InChI=1S/C26H26O8/c1-30-26(29)18-7-9-19(10-8-18)34-23-15-32-22-13-20(11-12-21(22)25(23)28)31-16-24(27)33-14-17-5-3-2-4-6-17/h2-10,15,20-22H,11-14,16H2,1H3. The Balaban J connectivity index is 1.25. The van der Waals surface area contributed by atoms with Gasteiger partial charge in [0.25, 0.3) is 0 Å². The van der Waals surface area contributed by atoms with Gasteiger partial charge in [-0.05, 0) is 42.7 Å². The zero-order chi connectivity index (χ0) is 23.9. The Kier molecular flexibility index (Phi) is 7.59. The summed E-state index contributed by atoms with van der Waals surface area (Å²) in [7, 11) is 1.31. The highest BCUT2D eigenvalue weighted by molar-refractivity contribution is 5.96. The normalized spacial score (nSPS) is 21.5. The van der Waals surface area contributed by atoms with Gasteiger partial charge in [-0.1, -0.05) is 30.3 Å². The van der Waals surface area contributed by atoms with Crippen molar-refractivity contribution in [3.8, 4) is 5.75 Å². The predicted octanol–water partition coefficient (Wildman–Crippen LogP) is 3.59. The lowest BCUT2D eigenvalue weighted by molar-refractivity contribution is -0.156. The molecule has 0 radical (unpaired) electrons. The van der Waals surface area contributed by atoms with E-state index in [2.05, 4.69) is 4.74 Å². The van der Waals surface area contributed by atoms with Gasteiger partial charge in [-0.25, -0.2) is 9.59 Å². The van der Waals surface area contributed by atoms with E-state index < -0.39 is 11.9 Å². The highest BCUT2D eigenvalue weighted by atomic mass is 16.6. The lowest BCUT2D eigenvalue weighted by Crippen LogP contribution is -2.42. The summed E-state index contributed by atoms with van der Waals surface area (Å²) in [4.78, 5) is 36.5. The van der Waals surface area contributed by atoms with E-state index in [4.69, 9.17) is 18.9 Å². The number of hydrogen-bond donors (Lipinski definition) is 0. The van der Waals surface area contributed by atoms with E-state index in [-0.39, 0.29) is 42.9 Å². The molecule has 1 fully saturated rings. The lowest BCUT2D eigenvalue weighted by atomic mass is 9.80. The lowest BCUT2D eigenvalue weighted by Gasteiger charge is -2.36. The minimum atomic E-state index is -0.450. The summed E-state index contributed by atoms with van der Waals surface area (Å²) < 4.78 is 27.1. The number of rotatable bonds is 8. The Morgan fingerprint density at radius 1 is 1.03 bits per heavy atom. The van der Waals surface area contributed by atoms with Crippen LogP contribution >= 0.6 is 0 Å². The van der Waals surface area contributed by atoms with Gasteiger partial charge in [0.15, 0.2) is 0 Å². The Labute approximate surface area is 197 Å². The molecule has 2 aromatic rings. The maximum atomic E-state index is 12.9. The molecule has 1 heterocycles. The van der Waals surface area contributed by atoms with Crippen LogP contribution in [0.3, 0.4) is 0 Å². The van der Waals surface area contributed by atoms with Crippen LogP contribution in [-0.4, -0.2) is 43.6 Å². The molecule has 34 heavy (non-hydrogen) atoms. The quantitative estimate of drug-likeness (QED) is 0.545. The Bertz CT molecular complexity index is 1040. The number of ether oxygens (including phenoxy) is 5. The van der Waals surface area contributed by atoms with Crippen molar-refractivity contribution in [2.24, 2.45) is 5.92 Å². The molecule has 2 aromatic carbocycles. The molecule has 1 aliphatic heterocycles. The number of fused-ring (bicyclic) bond motifs is 1. The van der Waals surface area contributed by atoms with E-state index in [1.807, 2.05) is 30.3 Å². The summed E-state index contributed by atoms with van der Waals surface area (Å²) in [6.45, 7) is 0.0591. The van der Waals surface area contributed by atoms with Crippen LogP contribution in [0.2, 0.25) is 0 Å². The summed E-state index contributed by atoms with van der Waals surface area (Å²) in [6, 6.07) is 15.7. The Hall–Kier alpha value is -3.65. The van der Waals surface area contributed by atoms with Gasteiger partial charge in [-0.3, -0.25) is 4.79 Å². The summed E-state index contributed by atoms with van der Waals surface area (Å²) in [5.41, 5.74) is 1.30. The van der Waals surface area contributed by atoms with Crippen LogP contribution in [-0.2, 0) is 35.1 Å². The van der Waals surface area contributed by atoms with Crippen LogP contribution in [0.15, 0.2) is 66.6 Å². The molecule has 1 aliphatic carbocycles. The number of carbonyl (C=O) groups is 3. The van der Waals surface area contributed by atoms with Crippen molar-refractivity contribution in [3.05, 3.63) is 77.7 Å². The van der Waals surface area contributed by atoms with Crippen LogP contribution in [0.25, 0.3) is 0 Å². The maximum Gasteiger partial charge on any atom is 0.337 e. The van der Waals surface area contributed by atoms with Crippen LogP contribution < -0.4 is 4.74 Å². The summed E-state index contributed by atoms with van der Waals surface area (Å²) >= 11 is 0. The zero-order valence-electron chi connectivity index (χ0n) is 18.8. The third kappa shape index (κ3) is 5.82. The van der Waals surface area contributed by atoms with Crippen molar-refractivity contribution < 1.29 is 38.1 Å². The molecule has 0 bridgehead atoms. The van der Waals surface area contributed by atoms with Crippen LogP contribution in [0.4, 0.5) is 0 Å². The first-order valence-electron chi connectivity index (χ1n) is 11.1. The van der Waals surface area contributed by atoms with E-state index in [0.29, 0.717) is 30.6 Å². The van der Waals surface area contributed by atoms with E-state index in [1.165, 1.54) is 13.4 Å². The van der Waals surface area contributed by atoms with Crippen molar-refractivity contribution in [1.82, 2.24) is 0 Å². The molecule has 0 spiro atoms. The first-order valence-corrected chi connectivity index (χ1v) is 11.1. The van der Waals surface area contributed by atoms with Gasteiger partial charge < -0.3 is 23.7 Å². The predicted molar refractivity (Wildman–Crippen MR) is 120 cm³/mol. The third-order valence-electron chi connectivity index (χ3n) is 5.86. The van der Waals surface area contributed by atoms with E-state index in [0.717, 1.165) is 5.56 Å². The maximum absolute atomic E-state index is 12.9. The number of allylic oxidation sites excluding steroid dienone is 1. The molecule has 1 saturated carbocycles. The molecule has 8 nitrogen and oxygen atoms in total. The summed E-state index contributed by atoms with van der Waals surface area (Å²) in [5.74, 6) is -0.806. The molecule has 0 saturated heterocycles. The number of hydrogen-bond acceptors (Lipinski definition) is 8. The minimum Gasteiger partial charge on any atom is -0.493 e. The highest BCUT2D eigenvalue weighted by Gasteiger charge is 2.41. The van der Waals surface area contributed by atoms with Crippen molar-refractivity contribution in [3.63, 3.8) is 0 Å². The Morgan fingerprint density at radius 2 is 1.79 bits per heavy atom. The molecule has 2 aliphatic rings. The summed E-state index contributed by atoms with van der Waals surface area (Å²) in [6.07, 6.45) is 2.49. The minimum absolute atomic E-state index is 0.121. The SMILES string of the molecule is COC(=O)c1ccc(OC2=COC3CC(OCC(=O)OCc4ccccc4)CCC3C2=O)cc1. The molecular weight excluding hydrogens is 440 g/mol. The smallest absolute Gasteiger partial charge is 0.337 e. The molecule has 0 aromatic heterocycles. The monoisotopic (exact) mass is 466 g/mol. The molecule has 8 heteroatoms. The fourth-order valence-corrected chi connectivity index (χ4v) is 4.03. The second-order valence-electron chi connectivity index (χ2n) is 8.14. The number of esters is 2. The Morgan fingerprint density at radius 3 is 2.53 bits per heavy atom. The van der Waals surface area contributed by atoms with Gasteiger partial charge >= 0.3 is 11.9 Å². The van der Waals surface area contributed by atoms with E-state index in [1.54, 1.807) is 24.3 Å². The van der Waals surface area contributed by atoms with Crippen molar-refractivity contribution in [2.75, 3.05) is 13.7 Å². The first kappa shape index (κ1) is 23.5. The van der Waals surface area contributed by atoms with Crippen LogP contribution in [0.5, 0.6) is 5.75 Å². The largest absolute Gasteiger partial charge is 0.493 e. The average molecular weight is 466 g/mol. The fraction of sp³-hybridized carbons (Fsp3) is 0.346. The molecule has 4 rings (SSSR count). The number of ketones is 1. The highest BCUT2D eigenvalue weighted by Crippen LogP contribution is 2.35. The average Bonchev–Trinajstić information content (AvgIpc) is 2.88. The third-order valence-corrected chi connectivity index (χ3v) is 5.86. The van der Waals surface area contributed by atoms with Crippen molar-refractivity contribution in [1.29, 1.82) is 0 Å². The number of Topliss-reactive ketones (excluding diaryl/α,β-unsaturated/α-hetero) is 1. The first-order chi connectivity index (χ1) is 16.5. The number of carbonyl (C=O) groups excluding carboxylic acids is 3. The van der Waals surface area contributed by atoms with Gasteiger partial charge in [-0.2, -0.15) is 0 Å². The van der Waals surface area contributed by atoms with Gasteiger partial charge in [0.2, 0.25) is 11.5 Å². The molecular formula is C26H26O8. The molecule has 0 N–H and O–H groups in total. The summed E-state index contributed by atoms with van der Waals surface area (Å²) in [5, 5.41) is 0. The molecule has 3 atom stereocenters. The topological polar surface area (TPSA) is 97.4 Å². The van der Waals surface area contributed by atoms with E-state index in [9.17, 15) is 14.4 Å². The molecule has 0 amide bonds. The van der Waals surface area contributed by atoms with Crippen molar-refractivity contribution in [2.45, 2.75) is 38.1 Å². The van der Waals surface area contributed by atoms with Gasteiger partial charge in [0.05, 0.1) is 24.7 Å². The van der Waals surface area contributed by atoms with E-state index >= 15 is 0 Å². The van der Waals surface area contributed by atoms with Gasteiger partial charge in [0, 0.05) is 6.42 Å². The fourth-order valence-electron chi connectivity index (χ4n) is 4.03.